The summed E-state index contributed by atoms with van der Waals surface area (Å²) in [6.45, 7) is 0.343. The van der Waals surface area contributed by atoms with Crippen LogP contribution in [0.1, 0.15) is 0 Å². The highest BCUT2D eigenvalue weighted by molar-refractivity contribution is 5.63. The first-order valence-corrected chi connectivity index (χ1v) is 4.32. The van der Waals surface area contributed by atoms with E-state index in [1.807, 2.05) is 0 Å². The van der Waals surface area contributed by atoms with Gasteiger partial charge in [-0.1, -0.05) is 12.1 Å². The van der Waals surface area contributed by atoms with E-state index in [1.165, 1.54) is 25.3 Å². The molecule has 5 heteroatoms. The molecule has 1 aromatic carbocycles. The molecule has 82 valence electrons. The molecule has 0 amide bonds. The van der Waals surface area contributed by atoms with Gasteiger partial charge in [0, 0.05) is 7.11 Å². The van der Waals surface area contributed by atoms with E-state index in [0.717, 1.165) is 0 Å². The summed E-state index contributed by atoms with van der Waals surface area (Å²) in [6, 6.07) is 5.59. The van der Waals surface area contributed by atoms with Gasteiger partial charge in [-0.2, -0.15) is 0 Å². The van der Waals surface area contributed by atoms with E-state index >= 15 is 0 Å². The number of rotatable bonds is 4. The molecule has 0 bridgehead atoms. The van der Waals surface area contributed by atoms with Crippen LogP contribution >= 0.6 is 0 Å². The average Bonchev–Trinajstić information content (AvgIpc) is 2.22. The maximum atomic E-state index is 13.0. The molecule has 0 N–H and O–H groups in total. The van der Waals surface area contributed by atoms with Crippen LogP contribution in [0.3, 0.4) is 0 Å². The van der Waals surface area contributed by atoms with Crippen molar-refractivity contribution in [2.45, 2.75) is 0 Å². The number of hydrogen-bond acceptors (Lipinski definition) is 4. The Morgan fingerprint density at radius 2 is 2.07 bits per heavy atom. The lowest BCUT2D eigenvalue weighted by molar-refractivity contribution is 0.0676. The van der Waals surface area contributed by atoms with Gasteiger partial charge in [-0.25, -0.2) is 9.18 Å². The molecule has 0 unspecified atom stereocenters. The van der Waals surface area contributed by atoms with Crippen molar-refractivity contribution in [3.8, 4) is 5.75 Å². The Morgan fingerprint density at radius 1 is 1.33 bits per heavy atom. The second-order valence-corrected chi connectivity index (χ2v) is 2.62. The zero-order valence-corrected chi connectivity index (χ0v) is 8.23. The van der Waals surface area contributed by atoms with E-state index in [-0.39, 0.29) is 19.0 Å². The van der Waals surface area contributed by atoms with Crippen LogP contribution in [-0.4, -0.2) is 26.5 Å². The van der Waals surface area contributed by atoms with E-state index in [0.29, 0.717) is 0 Å². The Kier molecular flexibility index (Phi) is 4.56. The molecule has 0 saturated heterocycles. The predicted molar refractivity (Wildman–Crippen MR) is 50.3 cm³/mol. The molecule has 0 saturated carbocycles. The van der Waals surface area contributed by atoms with Crippen molar-refractivity contribution in [3.63, 3.8) is 0 Å². The Bertz CT molecular complexity index is 327. The van der Waals surface area contributed by atoms with Crippen molar-refractivity contribution in [1.29, 1.82) is 0 Å². The number of carbonyl (C=O) groups excluding carboxylic acids is 1. The predicted octanol–water partition coefficient (Wildman–Crippen LogP) is 1.99. The van der Waals surface area contributed by atoms with Crippen molar-refractivity contribution < 1.29 is 23.4 Å². The van der Waals surface area contributed by atoms with Crippen molar-refractivity contribution in [1.82, 2.24) is 0 Å². The van der Waals surface area contributed by atoms with Crippen LogP contribution < -0.4 is 4.74 Å². The van der Waals surface area contributed by atoms with Gasteiger partial charge >= 0.3 is 6.16 Å². The minimum atomic E-state index is -0.947. The van der Waals surface area contributed by atoms with Gasteiger partial charge in [0.05, 0.1) is 6.61 Å². The van der Waals surface area contributed by atoms with E-state index in [4.69, 9.17) is 0 Å². The first kappa shape index (κ1) is 11.5. The number of halogens is 1. The molecule has 1 aromatic rings. The Hall–Kier alpha value is -1.62. The van der Waals surface area contributed by atoms with Crippen LogP contribution in [0.15, 0.2) is 24.3 Å². The molecule has 0 aliphatic rings. The maximum absolute atomic E-state index is 13.0. The number of hydrogen-bond donors (Lipinski definition) is 0. The molecule has 15 heavy (non-hydrogen) atoms. The second kappa shape index (κ2) is 5.98. The van der Waals surface area contributed by atoms with Gasteiger partial charge < -0.3 is 14.2 Å². The van der Waals surface area contributed by atoms with Crippen LogP contribution in [0.25, 0.3) is 0 Å². The molecule has 0 aromatic heterocycles. The van der Waals surface area contributed by atoms with Crippen LogP contribution in [0.2, 0.25) is 0 Å². The van der Waals surface area contributed by atoms with Crippen LogP contribution in [-0.2, 0) is 9.47 Å². The van der Waals surface area contributed by atoms with Gasteiger partial charge in [0.2, 0.25) is 0 Å². The summed E-state index contributed by atoms with van der Waals surface area (Å²) in [5, 5.41) is 0. The summed E-state index contributed by atoms with van der Waals surface area (Å²) in [7, 11) is 1.48. The van der Waals surface area contributed by atoms with Crippen molar-refractivity contribution in [2.24, 2.45) is 0 Å². The van der Waals surface area contributed by atoms with Crippen molar-refractivity contribution in [3.05, 3.63) is 30.1 Å². The van der Waals surface area contributed by atoms with Gasteiger partial charge in [0.1, 0.15) is 6.61 Å². The number of methoxy groups -OCH3 is 1. The summed E-state index contributed by atoms with van der Waals surface area (Å²) in [5.41, 5.74) is 0. The highest BCUT2D eigenvalue weighted by Gasteiger charge is 2.09. The third-order valence-electron chi connectivity index (χ3n) is 1.54. The van der Waals surface area contributed by atoms with Crippen molar-refractivity contribution >= 4 is 6.16 Å². The molecule has 1 rings (SSSR count). The van der Waals surface area contributed by atoms with E-state index in [1.54, 1.807) is 6.07 Å². The largest absolute Gasteiger partial charge is 0.514 e. The third-order valence-corrected chi connectivity index (χ3v) is 1.54. The Labute approximate surface area is 86.6 Å². The minimum absolute atomic E-state index is 0.0732. The molecule has 0 heterocycles. The topological polar surface area (TPSA) is 44.8 Å². The first-order valence-electron chi connectivity index (χ1n) is 4.32. The standard InChI is InChI=1S/C10H11FO4/c1-13-6-7-14-10(12)15-9-5-3-2-4-8(9)11/h2-5H,6-7H2,1H3. The van der Waals surface area contributed by atoms with Gasteiger partial charge in [0.15, 0.2) is 11.6 Å². The lowest BCUT2D eigenvalue weighted by Crippen LogP contribution is -2.14. The van der Waals surface area contributed by atoms with Gasteiger partial charge in [-0.15, -0.1) is 0 Å². The lowest BCUT2D eigenvalue weighted by Gasteiger charge is -2.05. The second-order valence-electron chi connectivity index (χ2n) is 2.62. The van der Waals surface area contributed by atoms with Crippen LogP contribution in [0.4, 0.5) is 9.18 Å². The number of benzene rings is 1. The number of ether oxygens (including phenoxy) is 3. The molecule has 0 aliphatic heterocycles. The summed E-state index contributed by atoms with van der Waals surface area (Å²) in [6.07, 6.45) is -0.947. The fourth-order valence-corrected chi connectivity index (χ4v) is 0.855. The highest BCUT2D eigenvalue weighted by atomic mass is 19.1. The molecular formula is C10H11FO4. The van der Waals surface area contributed by atoms with E-state index in [2.05, 4.69) is 14.2 Å². The highest BCUT2D eigenvalue weighted by Crippen LogP contribution is 2.15. The smallest absolute Gasteiger partial charge is 0.432 e. The molecular weight excluding hydrogens is 203 g/mol. The fraction of sp³-hybridized carbons (Fsp3) is 0.300. The summed E-state index contributed by atoms with van der Waals surface area (Å²) >= 11 is 0. The molecule has 0 radical (unpaired) electrons. The minimum Gasteiger partial charge on any atom is -0.432 e. The summed E-state index contributed by atoms with van der Waals surface area (Å²) in [4.78, 5) is 11.0. The Balaban J connectivity index is 2.41. The van der Waals surface area contributed by atoms with Crippen LogP contribution in [0, 0.1) is 5.82 Å². The van der Waals surface area contributed by atoms with Crippen LogP contribution in [0.5, 0.6) is 5.75 Å². The lowest BCUT2D eigenvalue weighted by atomic mass is 10.3. The van der Waals surface area contributed by atoms with E-state index < -0.39 is 12.0 Å². The van der Waals surface area contributed by atoms with Gasteiger partial charge in [0.25, 0.3) is 0 Å². The molecule has 0 spiro atoms. The average molecular weight is 214 g/mol. The Morgan fingerprint density at radius 3 is 2.73 bits per heavy atom. The normalized spacial score (nSPS) is 9.73. The van der Waals surface area contributed by atoms with Gasteiger partial charge in [-0.3, -0.25) is 0 Å². The molecule has 0 aliphatic carbocycles. The maximum Gasteiger partial charge on any atom is 0.514 e. The van der Waals surface area contributed by atoms with Gasteiger partial charge in [-0.05, 0) is 12.1 Å². The number of para-hydroxylation sites is 1. The monoisotopic (exact) mass is 214 g/mol. The first-order chi connectivity index (χ1) is 7.24. The zero-order chi connectivity index (χ0) is 11.1. The number of carbonyl (C=O) groups is 1. The summed E-state index contributed by atoms with van der Waals surface area (Å²) in [5.74, 6) is -0.763. The van der Waals surface area contributed by atoms with E-state index in [9.17, 15) is 9.18 Å². The molecule has 0 fully saturated rings. The quantitative estimate of drug-likeness (QED) is 0.436. The fourth-order valence-electron chi connectivity index (χ4n) is 0.855. The zero-order valence-electron chi connectivity index (χ0n) is 8.23. The SMILES string of the molecule is COCCOC(=O)Oc1ccccc1F. The molecule has 0 atom stereocenters. The summed E-state index contributed by atoms with van der Waals surface area (Å²) < 4.78 is 26.8. The van der Waals surface area contributed by atoms with Crippen molar-refractivity contribution in [2.75, 3.05) is 20.3 Å². The molecule has 4 nitrogen and oxygen atoms in total. The third kappa shape index (κ3) is 3.95.